The Kier molecular flexibility index (Phi) is 6.20. The molecule has 0 aliphatic rings. The molecule has 0 aromatic rings. The largest absolute Gasteiger partial charge is 0.480 e. The standard InChI is InChI=1S/C8H17NO2S/c1-3-7(8(10)11)12-5-4-6(2)9/h6-7H,3-5,9H2,1-2H3,(H,10,11). The number of hydrogen-bond acceptors (Lipinski definition) is 3. The van der Waals surface area contributed by atoms with Crippen molar-refractivity contribution in [3.63, 3.8) is 0 Å². The molecule has 0 amide bonds. The summed E-state index contributed by atoms with van der Waals surface area (Å²) in [6.07, 6.45) is 1.56. The molecule has 0 aliphatic carbocycles. The normalized spacial score (nSPS) is 15.6. The zero-order valence-corrected chi connectivity index (χ0v) is 8.43. The van der Waals surface area contributed by atoms with E-state index in [2.05, 4.69) is 0 Å². The maximum Gasteiger partial charge on any atom is 0.316 e. The van der Waals surface area contributed by atoms with Gasteiger partial charge in [-0.3, -0.25) is 4.79 Å². The Morgan fingerprint density at radius 2 is 2.25 bits per heavy atom. The van der Waals surface area contributed by atoms with Gasteiger partial charge in [-0.05, 0) is 25.5 Å². The van der Waals surface area contributed by atoms with E-state index >= 15 is 0 Å². The van der Waals surface area contributed by atoms with Crippen molar-refractivity contribution in [1.29, 1.82) is 0 Å². The Hall–Kier alpha value is -0.220. The zero-order chi connectivity index (χ0) is 9.56. The van der Waals surface area contributed by atoms with Gasteiger partial charge in [-0.15, -0.1) is 11.8 Å². The Labute approximate surface area is 77.7 Å². The van der Waals surface area contributed by atoms with Crippen molar-refractivity contribution in [3.8, 4) is 0 Å². The number of thioether (sulfide) groups is 1. The molecule has 0 saturated carbocycles. The van der Waals surface area contributed by atoms with E-state index in [-0.39, 0.29) is 11.3 Å². The Bertz CT molecular complexity index is 139. The van der Waals surface area contributed by atoms with E-state index in [1.807, 2.05) is 13.8 Å². The summed E-state index contributed by atoms with van der Waals surface area (Å²) in [5.74, 6) is 0.120. The maximum atomic E-state index is 10.6. The topological polar surface area (TPSA) is 63.3 Å². The second-order valence-corrected chi connectivity index (χ2v) is 4.18. The molecule has 0 heterocycles. The molecule has 3 nitrogen and oxygen atoms in total. The van der Waals surface area contributed by atoms with E-state index in [9.17, 15) is 4.79 Å². The van der Waals surface area contributed by atoms with Crippen molar-refractivity contribution < 1.29 is 9.90 Å². The maximum absolute atomic E-state index is 10.6. The van der Waals surface area contributed by atoms with Crippen molar-refractivity contribution in [2.45, 2.75) is 38.0 Å². The highest BCUT2D eigenvalue weighted by molar-refractivity contribution is 8.00. The second-order valence-electron chi connectivity index (χ2n) is 2.87. The number of aliphatic carboxylic acids is 1. The molecule has 0 rings (SSSR count). The highest BCUT2D eigenvalue weighted by Gasteiger charge is 2.14. The summed E-state index contributed by atoms with van der Waals surface area (Å²) in [6, 6.07) is 0.170. The molecule has 72 valence electrons. The number of carboxylic acid groups (broad SMARTS) is 1. The van der Waals surface area contributed by atoms with E-state index < -0.39 is 5.97 Å². The molecular weight excluding hydrogens is 174 g/mol. The molecule has 0 radical (unpaired) electrons. The second kappa shape index (κ2) is 6.31. The fraction of sp³-hybridized carbons (Fsp3) is 0.875. The lowest BCUT2D eigenvalue weighted by Crippen LogP contribution is -2.19. The minimum Gasteiger partial charge on any atom is -0.480 e. The molecule has 2 atom stereocenters. The van der Waals surface area contributed by atoms with Crippen LogP contribution in [0.1, 0.15) is 26.7 Å². The molecule has 2 unspecified atom stereocenters. The monoisotopic (exact) mass is 191 g/mol. The van der Waals surface area contributed by atoms with Gasteiger partial charge in [0.2, 0.25) is 0 Å². The number of carbonyl (C=O) groups is 1. The predicted molar refractivity (Wildman–Crippen MR) is 52.4 cm³/mol. The lowest BCUT2D eigenvalue weighted by atomic mass is 10.3. The van der Waals surface area contributed by atoms with Crippen LogP contribution in [-0.2, 0) is 4.79 Å². The van der Waals surface area contributed by atoms with E-state index in [4.69, 9.17) is 10.8 Å². The Balaban J connectivity index is 3.52. The summed E-state index contributed by atoms with van der Waals surface area (Å²) in [5.41, 5.74) is 5.54. The van der Waals surface area contributed by atoms with Gasteiger partial charge in [0.15, 0.2) is 0 Å². The summed E-state index contributed by atoms with van der Waals surface area (Å²) >= 11 is 1.48. The molecule has 0 fully saturated rings. The summed E-state index contributed by atoms with van der Waals surface area (Å²) in [5, 5.41) is 8.43. The fourth-order valence-electron chi connectivity index (χ4n) is 0.760. The Morgan fingerprint density at radius 3 is 2.58 bits per heavy atom. The lowest BCUT2D eigenvalue weighted by molar-refractivity contribution is -0.136. The van der Waals surface area contributed by atoms with Crippen LogP contribution in [0.25, 0.3) is 0 Å². The van der Waals surface area contributed by atoms with Gasteiger partial charge in [0, 0.05) is 6.04 Å². The molecule has 0 aromatic heterocycles. The Morgan fingerprint density at radius 1 is 1.67 bits per heavy atom. The molecule has 12 heavy (non-hydrogen) atoms. The first kappa shape index (κ1) is 11.8. The molecule has 3 N–H and O–H groups in total. The average molecular weight is 191 g/mol. The van der Waals surface area contributed by atoms with Crippen molar-refractivity contribution in [3.05, 3.63) is 0 Å². The third-order valence-corrected chi connectivity index (χ3v) is 2.95. The van der Waals surface area contributed by atoms with Gasteiger partial charge in [0.05, 0.1) is 0 Å². The minimum absolute atomic E-state index is 0.170. The molecule has 0 spiro atoms. The van der Waals surface area contributed by atoms with Crippen LogP contribution in [0.15, 0.2) is 0 Å². The first-order valence-electron chi connectivity index (χ1n) is 4.18. The highest BCUT2D eigenvalue weighted by Crippen LogP contribution is 2.15. The van der Waals surface area contributed by atoms with Gasteiger partial charge in [-0.1, -0.05) is 6.92 Å². The average Bonchev–Trinajstić information content (AvgIpc) is 1.96. The first-order chi connectivity index (χ1) is 5.57. The molecule has 4 heteroatoms. The van der Waals surface area contributed by atoms with Crippen LogP contribution in [-0.4, -0.2) is 28.1 Å². The van der Waals surface area contributed by atoms with E-state index in [0.717, 1.165) is 12.2 Å². The summed E-state index contributed by atoms with van der Waals surface area (Å²) in [7, 11) is 0. The predicted octanol–water partition coefficient (Wildman–Crippen LogP) is 1.32. The number of carboxylic acids is 1. The van der Waals surface area contributed by atoms with Crippen LogP contribution in [0.3, 0.4) is 0 Å². The summed E-state index contributed by atoms with van der Waals surface area (Å²) < 4.78 is 0. The third kappa shape index (κ3) is 5.43. The lowest BCUT2D eigenvalue weighted by Gasteiger charge is -2.09. The van der Waals surface area contributed by atoms with Crippen LogP contribution in [0.5, 0.6) is 0 Å². The number of rotatable bonds is 6. The van der Waals surface area contributed by atoms with Crippen molar-refractivity contribution >= 4 is 17.7 Å². The zero-order valence-electron chi connectivity index (χ0n) is 7.62. The highest BCUT2D eigenvalue weighted by atomic mass is 32.2. The minimum atomic E-state index is -0.716. The quantitative estimate of drug-likeness (QED) is 0.664. The first-order valence-corrected chi connectivity index (χ1v) is 5.22. The molecule has 0 aromatic carbocycles. The van der Waals surface area contributed by atoms with Crippen molar-refractivity contribution in [2.24, 2.45) is 5.73 Å². The van der Waals surface area contributed by atoms with Crippen LogP contribution in [0, 0.1) is 0 Å². The van der Waals surface area contributed by atoms with Gasteiger partial charge in [-0.2, -0.15) is 0 Å². The third-order valence-electron chi connectivity index (χ3n) is 1.54. The van der Waals surface area contributed by atoms with E-state index in [1.165, 1.54) is 11.8 Å². The van der Waals surface area contributed by atoms with Crippen LogP contribution in [0.4, 0.5) is 0 Å². The van der Waals surface area contributed by atoms with Crippen molar-refractivity contribution in [1.82, 2.24) is 0 Å². The molecule has 0 bridgehead atoms. The van der Waals surface area contributed by atoms with Crippen LogP contribution < -0.4 is 5.73 Å². The summed E-state index contributed by atoms with van der Waals surface area (Å²) in [6.45, 7) is 3.82. The number of hydrogen-bond donors (Lipinski definition) is 2. The van der Waals surface area contributed by atoms with Crippen LogP contribution >= 0.6 is 11.8 Å². The smallest absolute Gasteiger partial charge is 0.316 e. The fourth-order valence-corrected chi connectivity index (χ4v) is 1.93. The van der Waals surface area contributed by atoms with Gasteiger partial charge < -0.3 is 10.8 Å². The van der Waals surface area contributed by atoms with Crippen LogP contribution in [0.2, 0.25) is 0 Å². The summed E-state index contributed by atoms with van der Waals surface area (Å²) in [4.78, 5) is 10.6. The van der Waals surface area contributed by atoms with Crippen molar-refractivity contribution in [2.75, 3.05) is 5.75 Å². The van der Waals surface area contributed by atoms with Gasteiger partial charge >= 0.3 is 5.97 Å². The number of nitrogens with two attached hydrogens (primary N) is 1. The molecular formula is C8H17NO2S. The van der Waals surface area contributed by atoms with E-state index in [1.54, 1.807) is 0 Å². The van der Waals surface area contributed by atoms with Gasteiger partial charge in [0.25, 0.3) is 0 Å². The molecule has 0 saturated heterocycles. The van der Waals surface area contributed by atoms with E-state index in [0.29, 0.717) is 6.42 Å². The van der Waals surface area contributed by atoms with Gasteiger partial charge in [-0.25, -0.2) is 0 Å². The molecule has 0 aliphatic heterocycles. The SMILES string of the molecule is CCC(SCCC(C)N)C(=O)O. The van der Waals surface area contributed by atoms with Gasteiger partial charge in [0.1, 0.15) is 5.25 Å².